The highest BCUT2D eigenvalue weighted by Gasteiger charge is 2.02. The van der Waals surface area contributed by atoms with Crippen LogP contribution < -0.4 is 5.32 Å². The summed E-state index contributed by atoms with van der Waals surface area (Å²) < 4.78 is 5.69. The lowest BCUT2D eigenvalue weighted by Crippen LogP contribution is -2.25. The van der Waals surface area contributed by atoms with E-state index in [0.717, 1.165) is 36.9 Å². The molecule has 0 spiro atoms. The van der Waals surface area contributed by atoms with E-state index in [9.17, 15) is 0 Å². The molecule has 1 aromatic heterocycles. The van der Waals surface area contributed by atoms with Crippen LogP contribution in [0.2, 0.25) is 0 Å². The van der Waals surface area contributed by atoms with Gasteiger partial charge in [0.05, 0.1) is 12.3 Å². The van der Waals surface area contributed by atoms with Crippen molar-refractivity contribution >= 4 is 11.8 Å². The van der Waals surface area contributed by atoms with Gasteiger partial charge >= 0.3 is 0 Å². The van der Waals surface area contributed by atoms with E-state index in [4.69, 9.17) is 4.42 Å². The fourth-order valence-corrected chi connectivity index (χ4v) is 2.56. The zero-order valence-corrected chi connectivity index (χ0v) is 12.0. The van der Waals surface area contributed by atoms with Crippen molar-refractivity contribution in [2.45, 2.75) is 26.1 Å². The first-order valence-corrected chi connectivity index (χ1v) is 7.47. The second kappa shape index (κ2) is 8.61. The Labute approximate surface area is 109 Å². The van der Waals surface area contributed by atoms with Crippen molar-refractivity contribution in [1.29, 1.82) is 0 Å². The Balaban J connectivity index is 2.17. The van der Waals surface area contributed by atoms with E-state index in [1.54, 1.807) is 0 Å². The lowest BCUT2D eigenvalue weighted by atomic mass is 10.4. The Hall–Kier alpha value is -0.450. The molecule has 0 bridgehead atoms. The molecule has 0 atom stereocenters. The lowest BCUT2D eigenvalue weighted by molar-refractivity contribution is 0.324. The summed E-state index contributed by atoms with van der Waals surface area (Å²) in [6, 6.07) is 4.13. The molecule has 0 saturated heterocycles. The zero-order chi connectivity index (χ0) is 12.5. The Bertz CT molecular complexity index is 297. The highest BCUT2D eigenvalue weighted by atomic mass is 32.2. The first-order chi connectivity index (χ1) is 8.30. The summed E-state index contributed by atoms with van der Waals surface area (Å²) in [5, 5.41) is 3.09. The van der Waals surface area contributed by atoms with Crippen LogP contribution in [0.3, 0.4) is 0 Å². The fraction of sp³-hybridized carbons (Fsp3) is 0.692. The van der Waals surface area contributed by atoms with E-state index >= 15 is 0 Å². The minimum atomic E-state index is 0.810. The van der Waals surface area contributed by atoms with Crippen LogP contribution in [0, 0.1) is 0 Å². The molecule has 0 aliphatic rings. The molecule has 0 radical (unpaired) electrons. The summed E-state index contributed by atoms with van der Waals surface area (Å²) in [4.78, 5) is 2.45. The molecule has 0 aromatic carbocycles. The molecule has 1 rings (SSSR count). The third-order valence-corrected chi connectivity index (χ3v) is 3.72. The van der Waals surface area contributed by atoms with Crippen molar-refractivity contribution in [2.24, 2.45) is 0 Å². The minimum absolute atomic E-state index is 0.810. The van der Waals surface area contributed by atoms with Gasteiger partial charge in [0.1, 0.15) is 11.5 Å². The predicted octanol–water partition coefficient (Wildman–Crippen LogP) is 2.57. The van der Waals surface area contributed by atoms with Crippen molar-refractivity contribution in [3.05, 3.63) is 23.7 Å². The molecule has 0 saturated carbocycles. The summed E-state index contributed by atoms with van der Waals surface area (Å²) in [7, 11) is 1.93. The number of hydrogen-bond acceptors (Lipinski definition) is 4. The number of thioether (sulfide) groups is 1. The first-order valence-electron chi connectivity index (χ1n) is 6.32. The quantitative estimate of drug-likeness (QED) is 0.687. The molecule has 4 heteroatoms. The Morgan fingerprint density at radius 2 is 1.94 bits per heavy atom. The molecule has 1 aromatic rings. The van der Waals surface area contributed by atoms with E-state index in [2.05, 4.69) is 36.2 Å². The second-order valence-corrected chi connectivity index (χ2v) is 5.08. The van der Waals surface area contributed by atoms with Crippen LogP contribution in [0.25, 0.3) is 0 Å². The third-order valence-electron chi connectivity index (χ3n) is 2.76. The maximum absolute atomic E-state index is 5.69. The highest BCUT2D eigenvalue weighted by molar-refractivity contribution is 7.98. The molecule has 17 heavy (non-hydrogen) atoms. The van der Waals surface area contributed by atoms with Crippen LogP contribution in [0.4, 0.5) is 0 Å². The molecule has 3 nitrogen and oxygen atoms in total. The Morgan fingerprint density at radius 3 is 2.59 bits per heavy atom. The Kier molecular flexibility index (Phi) is 7.40. The summed E-state index contributed by atoms with van der Waals surface area (Å²) >= 11 is 1.94. The standard InChI is InChI=1S/C13H24N2OS/c1-4-15(5-2)8-9-17-11-13-7-6-12(16-13)10-14-3/h6-7,14H,4-5,8-11H2,1-3H3. The summed E-state index contributed by atoms with van der Waals surface area (Å²) in [6.07, 6.45) is 0. The normalized spacial score (nSPS) is 11.3. The van der Waals surface area contributed by atoms with Crippen LogP contribution in [0.5, 0.6) is 0 Å². The van der Waals surface area contributed by atoms with Gasteiger partial charge in [-0.3, -0.25) is 0 Å². The number of hydrogen-bond donors (Lipinski definition) is 1. The summed E-state index contributed by atoms with van der Waals surface area (Å²) in [5.41, 5.74) is 0. The average Bonchev–Trinajstić information content (AvgIpc) is 2.78. The van der Waals surface area contributed by atoms with Crippen molar-refractivity contribution in [3.63, 3.8) is 0 Å². The Morgan fingerprint density at radius 1 is 1.24 bits per heavy atom. The van der Waals surface area contributed by atoms with Gasteiger partial charge in [-0.2, -0.15) is 11.8 Å². The molecule has 1 N–H and O–H groups in total. The lowest BCUT2D eigenvalue weighted by Gasteiger charge is -2.16. The smallest absolute Gasteiger partial charge is 0.117 e. The van der Waals surface area contributed by atoms with Gasteiger partial charge in [-0.05, 0) is 32.3 Å². The van der Waals surface area contributed by atoms with Crippen molar-refractivity contribution in [3.8, 4) is 0 Å². The topological polar surface area (TPSA) is 28.4 Å². The molecule has 0 fully saturated rings. The van der Waals surface area contributed by atoms with E-state index in [1.807, 2.05) is 18.8 Å². The molecule has 1 heterocycles. The van der Waals surface area contributed by atoms with Crippen molar-refractivity contribution in [2.75, 3.05) is 32.4 Å². The first kappa shape index (κ1) is 14.6. The van der Waals surface area contributed by atoms with Gasteiger partial charge in [0.25, 0.3) is 0 Å². The molecule has 0 amide bonds. The van der Waals surface area contributed by atoms with Crippen molar-refractivity contribution < 1.29 is 4.42 Å². The molecule has 0 aliphatic heterocycles. The molecule has 0 unspecified atom stereocenters. The van der Waals surface area contributed by atoms with E-state index in [1.165, 1.54) is 12.3 Å². The number of nitrogens with one attached hydrogen (secondary N) is 1. The molecule has 0 aliphatic carbocycles. The zero-order valence-electron chi connectivity index (χ0n) is 11.2. The van der Waals surface area contributed by atoms with Crippen LogP contribution in [-0.4, -0.2) is 37.3 Å². The molecular weight excluding hydrogens is 232 g/mol. The maximum atomic E-state index is 5.69. The number of furan rings is 1. The second-order valence-electron chi connectivity index (χ2n) is 3.98. The van der Waals surface area contributed by atoms with Crippen LogP contribution in [-0.2, 0) is 12.3 Å². The summed E-state index contributed by atoms with van der Waals surface area (Å²) in [5.74, 6) is 4.25. The fourth-order valence-electron chi connectivity index (χ4n) is 1.68. The van der Waals surface area contributed by atoms with Crippen LogP contribution in [0.1, 0.15) is 25.4 Å². The van der Waals surface area contributed by atoms with Gasteiger partial charge in [-0.25, -0.2) is 0 Å². The monoisotopic (exact) mass is 256 g/mol. The minimum Gasteiger partial charge on any atom is -0.464 e. The summed E-state index contributed by atoms with van der Waals surface area (Å²) in [6.45, 7) is 8.69. The number of nitrogens with zero attached hydrogens (tertiary/aromatic N) is 1. The van der Waals surface area contributed by atoms with E-state index < -0.39 is 0 Å². The SMILES string of the molecule is CCN(CC)CCSCc1ccc(CNC)o1. The van der Waals surface area contributed by atoms with Gasteiger partial charge in [-0.15, -0.1) is 0 Å². The van der Waals surface area contributed by atoms with Crippen LogP contribution >= 0.6 is 11.8 Å². The van der Waals surface area contributed by atoms with Gasteiger partial charge in [0, 0.05) is 12.3 Å². The van der Waals surface area contributed by atoms with E-state index in [0.29, 0.717) is 0 Å². The van der Waals surface area contributed by atoms with Gasteiger partial charge in [-0.1, -0.05) is 13.8 Å². The molecular formula is C13H24N2OS. The number of rotatable bonds is 9. The van der Waals surface area contributed by atoms with E-state index in [-0.39, 0.29) is 0 Å². The van der Waals surface area contributed by atoms with Crippen LogP contribution in [0.15, 0.2) is 16.5 Å². The maximum Gasteiger partial charge on any atom is 0.117 e. The largest absolute Gasteiger partial charge is 0.464 e. The average molecular weight is 256 g/mol. The third kappa shape index (κ3) is 5.61. The van der Waals surface area contributed by atoms with Crippen molar-refractivity contribution in [1.82, 2.24) is 10.2 Å². The van der Waals surface area contributed by atoms with Gasteiger partial charge < -0.3 is 14.6 Å². The highest BCUT2D eigenvalue weighted by Crippen LogP contribution is 2.15. The van der Waals surface area contributed by atoms with Gasteiger partial charge in [0.15, 0.2) is 0 Å². The van der Waals surface area contributed by atoms with Gasteiger partial charge in [0.2, 0.25) is 0 Å². The predicted molar refractivity (Wildman–Crippen MR) is 75.4 cm³/mol. The molecule has 98 valence electrons.